The summed E-state index contributed by atoms with van der Waals surface area (Å²) in [7, 11) is 0. The molecule has 2 heterocycles. The second-order valence-electron chi connectivity index (χ2n) is 5.10. The molecule has 0 saturated heterocycles. The molecule has 3 rings (SSSR count). The molecule has 0 spiro atoms. The van der Waals surface area contributed by atoms with Gasteiger partial charge in [-0.1, -0.05) is 17.7 Å². The van der Waals surface area contributed by atoms with Gasteiger partial charge in [-0.3, -0.25) is 0 Å². The summed E-state index contributed by atoms with van der Waals surface area (Å²) in [5.74, 6) is 1.61. The van der Waals surface area contributed by atoms with Crippen LogP contribution in [0.1, 0.15) is 23.7 Å². The highest BCUT2D eigenvalue weighted by atomic mass is 35.5. The van der Waals surface area contributed by atoms with Gasteiger partial charge in [0, 0.05) is 34.7 Å². The second kappa shape index (κ2) is 6.39. The molecule has 2 aromatic heterocycles. The highest BCUT2D eigenvalue weighted by molar-refractivity contribution is 7.09. The van der Waals surface area contributed by atoms with E-state index in [2.05, 4.69) is 29.0 Å². The molecule has 0 amide bonds. The van der Waals surface area contributed by atoms with E-state index in [1.165, 1.54) is 4.88 Å². The van der Waals surface area contributed by atoms with Gasteiger partial charge in [0.05, 0.1) is 11.0 Å². The number of thiophene rings is 1. The average molecular weight is 339 g/mol. The number of imidazole rings is 1. The van der Waals surface area contributed by atoms with E-state index in [1.807, 2.05) is 18.2 Å². The smallest absolute Gasteiger partial charge is 0.111 e. The Morgan fingerprint density at radius 2 is 2.19 bits per heavy atom. The van der Waals surface area contributed by atoms with Crippen LogP contribution in [-0.4, -0.2) is 15.4 Å². The summed E-state index contributed by atoms with van der Waals surface area (Å²) in [6.45, 7) is 2.23. The van der Waals surface area contributed by atoms with E-state index in [4.69, 9.17) is 28.2 Å². The Hall–Kier alpha value is -1.03. The molecule has 1 atom stereocenters. The van der Waals surface area contributed by atoms with Gasteiger partial charge in [-0.05, 0) is 36.6 Å². The first kappa shape index (κ1) is 14.9. The van der Waals surface area contributed by atoms with Gasteiger partial charge in [0.15, 0.2) is 0 Å². The van der Waals surface area contributed by atoms with Gasteiger partial charge < -0.3 is 4.57 Å². The van der Waals surface area contributed by atoms with E-state index < -0.39 is 0 Å². The Morgan fingerprint density at radius 1 is 1.33 bits per heavy atom. The van der Waals surface area contributed by atoms with Gasteiger partial charge in [-0.2, -0.15) is 0 Å². The van der Waals surface area contributed by atoms with Crippen molar-refractivity contribution in [3.63, 3.8) is 0 Å². The topological polar surface area (TPSA) is 17.8 Å². The Balaban J connectivity index is 2.03. The molecule has 110 valence electrons. The zero-order valence-electron chi connectivity index (χ0n) is 11.7. The van der Waals surface area contributed by atoms with Crippen LogP contribution in [-0.2, 0) is 12.8 Å². The Morgan fingerprint density at radius 3 is 2.90 bits per heavy atom. The van der Waals surface area contributed by atoms with Crippen molar-refractivity contribution in [3.05, 3.63) is 51.4 Å². The van der Waals surface area contributed by atoms with E-state index in [0.717, 1.165) is 34.7 Å². The predicted molar refractivity (Wildman–Crippen MR) is 91.9 cm³/mol. The van der Waals surface area contributed by atoms with Crippen molar-refractivity contribution >= 4 is 45.6 Å². The standard InChI is InChI=1S/C16H16Cl2N2S/c1-11(9-13-3-2-8-21-13)20-15-5-4-12(18)10-14(15)19-16(20)6-7-17/h2-5,8,10-11H,6-7,9H2,1H3. The maximum Gasteiger partial charge on any atom is 0.111 e. The Kier molecular flexibility index (Phi) is 4.53. The number of hydrogen-bond acceptors (Lipinski definition) is 2. The fourth-order valence-electron chi connectivity index (χ4n) is 2.69. The third-order valence-electron chi connectivity index (χ3n) is 3.56. The van der Waals surface area contributed by atoms with Gasteiger partial charge in [0.1, 0.15) is 5.82 Å². The molecule has 1 aromatic carbocycles. The molecule has 0 bridgehead atoms. The van der Waals surface area contributed by atoms with Crippen molar-refractivity contribution < 1.29 is 0 Å². The summed E-state index contributed by atoms with van der Waals surface area (Å²) in [4.78, 5) is 6.10. The quantitative estimate of drug-likeness (QED) is 0.574. The summed E-state index contributed by atoms with van der Waals surface area (Å²) in [5, 5.41) is 2.84. The number of benzene rings is 1. The van der Waals surface area contributed by atoms with E-state index in [1.54, 1.807) is 11.3 Å². The second-order valence-corrected chi connectivity index (χ2v) is 6.95. The monoisotopic (exact) mass is 338 g/mol. The summed E-state index contributed by atoms with van der Waals surface area (Å²) < 4.78 is 2.30. The number of nitrogens with zero attached hydrogens (tertiary/aromatic N) is 2. The lowest BCUT2D eigenvalue weighted by molar-refractivity contribution is 0.541. The number of aryl methyl sites for hydroxylation is 1. The number of rotatable bonds is 5. The number of halogens is 2. The lowest BCUT2D eigenvalue weighted by atomic mass is 10.2. The van der Waals surface area contributed by atoms with Crippen LogP contribution < -0.4 is 0 Å². The van der Waals surface area contributed by atoms with E-state index in [9.17, 15) is 0 Å². The number of aromatic nitrogens is 2. The number of alkyl halides is 1. The number of hydrogen-bond donors (Lipinski definition) is 0. The van der Waals surface area contributed by atoms with Gasteiger partial charge >= 0.3 is 0 Å². The average Bonchev–Trinajstić information content (AvgIpc) is 3.05. The van der Waals surface area contributed by atoms with Crippen molar-refractivity contribution in [3.8, 4) is 0 Å². The molecule has 0 aliphatic carbocycles. The molecule has 5 heteroatoms. The molecule has 0 radical (unpaired) electrons. The van der Waals surface area contributed by atoms with E-state index in [0.29, 0.717) is 11.9 Å². The predicted octanol–water partition coefficient (Wildman–Crippen LogP) is 5.34. The molecule has 0 aliphatic rings. The maximum atomic E-state index is 6.08. The molecule has 0 N–H and O–H groups in total. The molecule has 0 saturated carbocycles. The highest BCUT2D eigenvalue weighted by Gasteiger charge is 2.16. The molecular weight excluding hydrogens is 323 g/mol. The zero-order valence-corrected chi connectivity index (χ0v) is 14.0. The summed E-state index contributed by atoms with van der Waals surface area (Å²) in [6.07, 6.45) is 1.77. The van der Waals surface area contributed by atoms with Crippen molar-refractivity contribution in [1.29, 1.82) is 0 Å². The van der Waals surface area contributed by atoms with Crippen LogP contribution in [0.15, 0.2) is 35.7 Å². The van der Waals surface area contributed by atoms with Gasteiger partial charge in [-0.25, -0.2) is 4.98 Å². The first-order valence-corrected chi connectivity index (χ1v) is 8.73. The molecule has 0 fully saturated rings. The molecule has 1 unspecified atom stereocenters. The molecule has 2 nitrogen and oxygen atoms in total. The van der Waals surface area contributed by atoms with Crippen LogP contribution in [0.25, 0.3) is 11.0 Å². The fraction of sp³-hybridized carbons (Fsp3) is 0.312. The van der Waals surface area contributed by atoms with E-state index >= 15 is 0 Å². The lowest BCUT2D eigenvalue weighted by Crippen LogP contribution is -2.12. The van der Waals surface area contributed by atoms with Crippen molar-refractivity contribution in [2.45, 2.75) is 25.8 Å². The maximum absolute atomic E-state index is 6.08. The van der Waals surface area contributed by atoms with Crippen LogP contribution in [0, 0.1) is 0 Å². The zero-order chi connectivity index (χ0) is 14.8. The Bertz CT molecular complexity index is 734. The minimum Gasteiger partial charge on any atom is -0.325 e. The van der Waals surface area contributed by atoms with Crippen LogP contribution in [0.2, 0.25) is 5.02 Å². The summed E-state index contributed by atoms with van der Waals surface area (Å²) >= 11 is 13.8. The van der Waals surface area contributed by atoms with Crippen molar-refractivity contribution in [1.82, 2.24) is 9.55 Å². The number of fused-ring (bicyclic) bond motifs is 1. The summed E-state index contributed by atoms with van der Waals surface area (Å²) in [5.41, 5.74) is 2.07. The fourth-order valence-corrected chi connectivity index (χ4v) is 3.85. The SMILES string of the molecule is CC(Cc1cccs1)n1c(CCCl)nc2cc(Cl)ccc21. The highest BCUT2D eigenvalue weighted by Crippen LogP contribution is 2.27. The van der Waals surface area contributed by atoms with Crippen LogP contribution in [0.4, 0.5) is 0 Å². The lowest BCUT2D eigenvalue weighted by Gasteiger charge is -2.17. The Labute approximate surface area is 138 Å². The van der Waals surface area contributed by atoms with Gasteiger partial charge in [0.2, 0.25) is 0 Å². The molecule has 3 aromatic rings. The van der Waals surface area contributed by atoms with E-state index in [-0.39, 0.29) is 0 Å². The minimum atomic E-state index is 0.341. The van der Waals surface area contributed by atoms with Crippen LogP contribution in [0.3, 0.4) is 0 Å². The van der Waals surface area contributed by atoms with Gasteiger partial charge in [-0.15, -0.1) is 22.9 Å². The first-order valence-electron chi connectivity index (χ1n) is 6.93. The normalized spacial score (nSPS) is 12.9. The molecular formula is C16H16Cl2N2S. The third kappa shape index (κ3) is 3.10. The molecule has 21 heavy (non-hydrogen) atoms. The van der Waals surface area contributed by atoms with Gasteiger partial charge in [0.25, 0.3) is 0 Å². The minimum absolute atomic E-state index is 0.341. The van der Waals surface area contributed by atoms with Crippen LogP contribution in [0.5, 0.6) is 0 Å². The van der Waals surface area contributed by atoms with Crippen LogP contribution >= 0.6 is 34.5 Å². The third-order valence-corrected chi connectivity index (χ3v) is 4.88. The summed E-state index contributed by atoms with van der Waals surface area (Å²) in [6, 6.07) is 10.5. The molecule has 0 aliphatic heterocycles. The van der Waals surface area contributed by atoms with Crippen molar-refractivity contribution in [2.75, 3.05) is 5.88 Å². The van der Waals surface area contributed by atoms with Crippen molar-refractivity contribution in [2.24, 2.45) is 0 Å². The first-order chi connectivity index (χ1) is 10.2. The largest absolute Gasteiger partial charge is 0.325 e.